The third-order valence-corrected chi connectivity index (χ3v) is 3.56. The zero-order chi connectivity index (χ0) is 17.1. The van der Waals surface area contributed by atoms with Crippen molar-refractivity contribution in [2.24, 2.45) is 0 Å². The van der Waals surface area contributed by atoms with Crippen LogP contribution in [0.1, 0.15) is 61.2 Å². The van der Waals surface area contributed by atoms with Crippen molar-refractivity contribution in [1.82, 2.24) is 0 Å². The third-order valence-electron chi connectivity index (χ3n) is 3.56. The predicted molar refractivity (Wildman–Crippen MR) is 82.5 cm³/mol. The lowest BCUT2D eigenvalue weighted by atomic mass is 9.89. The minimum absolute atomic E-state index is 0.000417. The third kappa shape index (κ3) is 2.83. The van der Waals surface area contributed by atoms with Crippen molar-refractivity contribution in [1.29, 1.82) is 0 Å². The number of ketones is 1. The van der Waals surface area contributed by atoms with Gasteiger partial charge in [-0.1, -0.05) is 13.0 Å². The molecule has 0 amide bonds. The maximum Gasteiger partial charge on any atom is 0.336 e. The normalized spacial score (nSPS) is 10.5. The molecule has 23 heavy (non-hydrogen) atoms. The van der Waals surface area contributed by atoms with Crippen molar-refractivity contribution < 1.29 is 29.4 Å². The average molecular weight is 314 g/mol. The maximum absolute atomic E-state index is 12.3. The Hall–Kier alpha value is -3.02. The fourth-order valence-corrected chi connectivity index (χ4v) is 2.57. The van der Waals surface area contributed by atoms with Gasteiger partial charge in [0.25, 0.3) is 0 Å². The van der Waals surface area contributed by atoms with Gasteiger partial charge in [0.05, 0.1) is 11.1 Å². The van der Waals surface area contributed by atoms with Crippen molar-refractivity contribution in [3.63, 3.8) is 0 Å². The maximum atomic E-state index is 12.3. The first-order chi connectivity index (χ1) is 10.9. The van der Waals surface area contributed by atoms with Crippen LogP contribution < -0.4 is 0 Å². The first kappa shape index (κ1) is 16.4. The molecule has 0 aliphatic rings. The number of carboxylic acids is 2. The van der Waals surface area contributed by atoms with E-state index < -0.39 is 11.9 Å². The summed E-state index contributed by atoms with van der Waals surface area (Å²) >= 11 is 0. The zero-order valence-corrected chi connectivity index (χ0v) is 12.3. The molecule has 0 radical (unpaired) electrons. The first-order valence-electron chi connectivity index (χ1n) is 6.97. The Balaban J connectivity index is 3.03. The fourth-order valence-electron chi connectivity index (χ4n) is 2.57. The molecule has 2 aromatic rings. The molecule has 0 unspecified atom stereocenters. The number of aromatic carboxylic acids is 2. The molecular weight excluding hydrogens is 300 g/mol. The van der Waals surface area contributed by atoms with E-state index in [1.165, 1.54) is 24.3 Å². The van der Waals surface area contributed by atoms with Gasteiger partial charge in [-0.25, -0.2) is 9.59 Å². The molecule has 0 spiro atoms. The van der Waals surface area contributed by atoms with Gasteiger partial charge >= 0.3 is 11.9 Å². The number of benzene rings is 2. The van der Waals surface area contributed by atoms with E-state index in [1.807, 2.05) is 0 Å². The van der Waals surface area contributed by atoms with Crippen LogP contribution in [0.5, 0.6) is 0 Å². The molecule has 0 aliphatic heterocycles. The van der Waals surface area contributed by atoms with Crippen LogP contribution in [0.3, 0.4) is 0 Å². The second-order valence-electron chi connectivity index (χ2n) is 5.01. The van der Waals surface area contributed by atoms with Gasteiger partial charge in [0.2, 0.25) is 0 Å². The molecule has 2 rings (SSSR count). The summed E-state index contributed by atoms with van der Waals surface area (Å²) in [5.74, 6) is -2.88. The molecule has 118 valence electrons. The number of carboxylic acid groups (broad SMARTS) is 2. The van der Waals surface area contributed by atoms with Gasteiger partial charge in [-0.2, -0.15) is 0 Å². The molecule has 0 aliphatic carbocycles. The van der Waals surface area contributed by atoms with Crippen molar-refractivity contribution in [3.8, 4) is 0 Å². The standard InChI is InChI=1S/C17H14O6/c1-2-3-13(19)10-6-7-11(16(20)21)14-9(8-18)4-5-12(15(10)14)17(22)23/h4-8H,2-3H2,1H3,(H,20,21)(H,22,23). The van der Waals surface area contributed by atoms with Crippen LogP contribution in [0.4, 0.5) is 0 Å². The van der Waals surface area contributed by atoms with Gasteiger partial charge in [-0.3, -0.25) is 9.59 Å². The Morgan fingerprint density at radius 3 is 1.96 bits per heavy atom. The molecule has 6 heteroatoms. The number of hydrogen-bond donors (Lipinski definition) is 2. The lowest BCUT2D eigenvalue weighted by molar-refractivity contribution is 0.0686. The summed E-state index contributed by atoms with van der Waals surface area (Å²) in [6, 6.07) is 5.00. The minimum Gasteiger partial charge on any atom is -0.478 e. The van der Waals surface area contributed by atoms with E-state index in [0.717, 1.165) is 0 Å². The average Bonchev–Trinajstić information content (AvgIpc) is 2.52. The van der Waals surface area contributed by atoms with Crippen LogP contribution in [-0.2, 0) is 0 Å². The highest BCUT2D eigenvalue weighted by Gasteiger charge is 2.22. The van der Waals surface area contributed by atoms with Gasteiger partial charge in [-0.15, -0.1) is 0 Å². The number of hydrogen-bond acceptors (Lipinski definition) is 4. The summed E-state index contributed by atoms with van der Waals surface area (Å²) < 4.78 is 0. The van der Waals surface area contributed by atoms with Gasteiger partial charge in [-0.05, 0) is 24.6 Å². The molecule has 0 bridgehead atoms. The summed E-state index contributed by atoms with van der Waals surface area (Å²) in [6.07, 6.45) is 1.22. The van der Waals surface area contributed by atoms with Crippen molar-refractivity contribution >= 4 is 34.8 Å². The fraction of sp³-hybridized carbons (Fsp3) is 0.176. The number of Topliss-reactive ketones (excluding diaryl/α,β-unsaturated/α-hetero) is 1. The second-order valence-corrected chi connectivity index (χ2v) is 5.01. The lowest BCUT2D eigenvalue weighted by Crippen LogP contribution is -2.09. The van der Waals surface area contributed by atoms with Gasteiger partial charge < -0.3 is 10.2 Å². The first-order valence-corrected chi connectivity index (χ1v) is 6.97. The van der Waals surface area contributed by atoms with Crippen LogP contribution in [0, 0.1) is 0 Å². The number of aldehydes is 1. The molecule has 0 heterocycles. The molecule has 2 aromatic carbocycles. The largest absolute Gasteiger partial charge is 0.478 e. The summed E-state index contributed by atoms with van der Waals surface area (Å²) in [5, 5.41) is 18.7. The highest BCUT2D eigenvalue weighted by molar-refractivity contribution is 6.21. The van der Waals surface area contributed by atoms with Gasteiger partial charge in [0.1, 0.15) is 0 Å². The Kier molecular flexibility index (Phi) is 4.55. The molecular formula is C17H14O6. The summed E-state index contributed by atoms with van der Waals surface area (Å²) in [6.45, 7) is 1.81. The monoisotopic (exact) mass is 314 g/mol. The highest BCUT2D eigenvalue weighted by atomic mass is 16.4. The Labute approximate surface area is 131 Å². The van der Waals surface area contributed by atoms with E-state index in [-0.39, 0.29) is 45.2 Å². The Morgan fingerprint density at radius 2 is 1.43 bits per heavy atom. The Morgan fingerprint density at radius 1 is 0.913 bits per heavy atom. The van der Waals surface area contributed by atoms with Gasteiger partial charge in [0.15, 0.2) is 12.1 Å². The molecule has 0 fully saturated rings. The molecule has 6 nitrogen and oxygen atoms in total. The summed E-state index contributed by atoms with van der Waals surface area (Å²) in [7, 11) is 0. The summed E-state index contributed by atoms with van der Waals surface area (Å²) in [4.78, 5) is 46.4. The van der Waals surface area contributed by atoms with Crippen LogP contribution in [0.25, 0.3) is 10.8 Å². The van der Waals surface area contributed by atoms with E-state index in [2.05, 4.69) is 0 Å². The van der Waals surface area contributed by atoms with E-state index >= 15 is 0 Å². The van der Waals surface area contributed by atoms with E-state index in [9.17, 15) is 29.4 Å². The molecule has 0 saturated heterocycles. The Bertz CT molecular complexity index is 835. The molecule has 0 aromatic heterocycles. The molecule has 0 atom stereocenters. The van der Waals surface area contributed by atoms with E-state index in [1.54, 1.807) is 6.92 Å². The van der Waals surface area contributed by atoms with Crippen LogP contribution in [-0.4, -0.2) is 34.2 Å². The van der Waals surface area contributed by atoms with E-state index in [0.29, 0.717) is 12.7 Å². The molecule has 0 saturated carbocycles. The SMILES string of the molecule is CCCC(=O)c1ccc(C(=O)O)c2c(C=O)ccc(C(=O)O)c12. The molecule has 2 N–H and O–H groups in total. The van der Waals surface area contributed by atoms with Crippen molar-refractivity contribution in [2.45, 2.75) is 19.8 Å². The van der Waals surface area contributed by atoms with Crippen LogP contribution in [0.15, 0.2) is 24.3 Å². The zero-order valence-electron chi connectivity index (χ0n) is 12.3. The van der Waals surface area contributed by atoms with Crippen LogP contribution >= 0.6 is 0 Å². The van der Waals surface area contributed by atoms with Crippen molar-refractivity contribution in [2.75, 3.05) is 0 Å². The number of carbonyl (C=O) groups excluding carboxylic acids is 2. The summed E-state index contributed by atoms with van der Waals surface area (Å²) in [5.41, 5.74) is -0.257. The topological polar surface area (TPSA) is 109 Å². The second kappa shape index (κ2) is 6.39. The minimum atomic E-state index is -1.30. The lowest BCUT2D eigenvalue weighted by Gasteiger charge is -2.12. The predicted octanol–water partition coefficient (Wildman–Crippen LogP) is 3.03. The van der Waals surface area contributed by atoms with E-state index in [4.69, 9.17) is 0 Å². The number of carbonyl (C=O) groups is 4. The number of rotatable bonds is 6. The van der Waals surface area contributed by atoms with Gasteiger partial charge in [0, 0.05) is 28.3 Å². The quantitative estimate of drug-likeness (QED) is 0.626. The number of fused-ring (bicyclic) bond motifs is 1. The smallest absolute Gasteiger partial charge is 0.336 e. The highest BCUT2D eigenvalue weighted by Crippen LogP contribution is 2.30. The van der Waals surface area contributed by atoms with Crippen molar-refractivity contribution in [3.05, 3.63) is 46.5 Å². The van der Waals surface area contributed by atoms with Crippen LogP contribution in [0.2, 0.25) is 0 Å².